The average Bonchev–Trinajstić information content (AvgIpc) is 3.19. The Morgan fingerprint density at radius 2 is 1.80 bits per heavy atom. The summed E-state index contributed by atoms with van der Waals surface area (Å²) in [6.07, 6.45) is 2.07. The highest BCUT2D eigenvalue weighted by Gasteiger charge is 2.47. The number of rotatable bonds is 7. The van der Waals surface area contributed by atoms with Crippen LogP contribution in [0.2, 0.25) is 0 Å². The van der Waals surface area contributed by atoms with E-state index in [0.717, 1.165) is 42.2 Å². The molecule has 13 heteroatoms. The van der Waals surface area contributed by atoms with Crippen molar-refractivity contribution in [2.24, 2.45) is 0 Å². The monoisotopic (exact) mass is 549 g/mol. The van der Waals surface area contributed by atoms with Crippen molar-refractivity contribution in [2.45, 2.75) is 31.4 Å². The summed E-state index contributed by atoms with van der Waals surface area (Å²) < 4.78 is 30.9. The fourth-order valence-corrected chi connectivity index (χ4v) is 5.15. The number of benzene rings is 1. The van der Waals surface area contributed by atoms with Gasteiger partial charge >= 0.3 is 0 Å². The van der Waals surface area contributed by atoms with E-state index in [1.807, 2.05) is 24.3 Å². The maximum atomic E-state index is 13.5. The van der Waals surface area contributed by atoms with Crippen molar-refractivity contribution in [3.8, 4) is 5.82 Å². The zero-order valence-corrected chi connectivity index (χ0v) is 22.0. The van der Waals surface area contributed by atoms with Crippen LogP contribution in [-0.2, 0) is 6.54 Å². The second-order valence-electron chi connectivity index (χ2n) is 10.3. The van der Waals surface area contributed by atoms with Gasteiger partial charge in [0.2, 0.25) is 5.95 Å². The molecule has 1 aliphatic heterocycles. The molecule has 1 aliphatic carbocycles. The Hall–Kier alpha value is -4.39. The number of aromatic nitrogens is 6. The Morgan fingerprint density at radius 1 is 1.07 bits per heavy atom. The van der Waals surface area contributed by atoms with Gasteiger partial charge in [-0.05, 0) is 37.4 Å². The summed E-state index contributed by atoms with van der Waals surface area (Å²) in [5.41, 5.74) is 1.31. The van der Waals surface area contributed by atoms with E-state index in [4.69, 9.17) is 0 Å². The van der Waals surface area contributed by atoms with Crippen LogP contribution in [0.3, 0.4) is 0 Å². The van der Waals surface area contributed by atoms with Gasteiger partial charge in [-0.15, -0.1) is 11.7 Å². The van der Waals surface area contributed by atoms with Gasteiger partial charge in [-0.25, -0.2) is 27.8 Å². The van der Waals surface area contributed by atoms with Gasteiger partial charge in [0.25, 0.3) is 17.0 Å². The first-order valence-corrected chi connectivity index (χ1v) is 13.1. The molecule has 6 rings (SSSR count). The van der Waals surface area contributed by atoms with Crippen molar-refractivity contribution in [3.63, 3.8) is 0 Å². The van der Waals surface area contributed by atoms with Crippen LogP contribution in [-0.4, -0.2) is 73.2 Å². The zero-order valence-electron chi connectivity index (χ0n) is 22.0. The van der Waals surface area contributed by atoms with E-state index in [0.29, 0.717) is 0 Å². The third kappa shape index (κ3) is 4.76. The number of likely N-dealkylation sites (N-methyl/N-ethyl adjacent to an activating group) is 1. The second-order valence-corrected chi connectivity index (χ2v) is 10.3. The van der Waals surface area contributed by atoms with E-state index in [1.54, 1.807) is 6.08 Å². The number of allylic oxidation sites excluding steroid dienone is 1. The first kappa shape index (κ1) is 25.9. The molecule has 1 aromatic carbocycles. The van der Waals surface area contributed by atoms with Crippen molar-refractivity contribution < 1.29 is 8.78 Å². The van der Waals surface area contributed by atoms with E-state index in [1.165, 1.54) is 27.7 Å². The molecule has 0 radical (unpaired) electrons. The normalized spacial score (nSPS) is 17.6. The smallest absolute Gasteiger partial charge is 0.278 e. The lowest BCUT2D eigenvalue weighted by Gasteiger charge is -2.35. The third-order valence-corrected chi connectivity index (χ3v) is 7.41. The summed E-state index contributed by atoms with van der Waals surface area (Å²) in [5.74, 6) is -2.36. The number of anilines is 3. The molecule has 0 bridgehead atoms. The molecule has 4 aromatic rings. The predicted octanol–water partition coefficient (Wildman–Crippen LogP) is 2.79. The number of piperazine rings is 1. The fraction of sp³-hybridized carbons (Fsp3) is 0.370. The van der Waals surface area contributed by atoms with Gasteiger partial charge in [-0.2, -0.15) is 4.98 Å². The van der Waals surface area contributed by atoms with Crippen molar-refractivity contribution in [2.75, 3.05) is 43.4 Å². The first-order valence-electron chi connectivity index (χ1n) is 13.1. The molecular formula is C27H29F2N9O2. The summed E-state index contributed by atoms with van der Waals surface area (Å²) in [7, 11) is 2.12. The number of hydrogen-bond donors (Lipinski definition) is 1. The molecular weight excluding hydrogens is 520 g/mol. The lowest BCUT2D eigenvalue weighted by Crippen LogP contribution is -2.44. The van der Waals surface area contributed by atoms with Gasteiger partial charge in [-0.3, -0.25) is 9.59 Å². The van der Waals surface area contributed by atoms with E-state index in [2.05, 4.69) is 43.8 Å². The van der Waals surface area contributed by atoms with Crippen molar-refractivity contribution in [3.05, 3.63) is 76.0 Å². The molecule has 1 N–H and O–H groups in total. The maximum absolute atomic E-state index is 13.5. The van der Waals surface area contributed by atoms with Crippen molar-refractivity contribution in [1.29, 1.82) is 0 Å². The van der Waals surface area contributed by atoms with Gasteiger partial charge in [0, 0.05) is 62.7 Å². The van der Waals surface area contributed by atoms with Gasteiger partial charge in [0.1, 0.15) is 5.39 Å². The van der Waals surface area contributed by atoms with Crippen molar-refractivity contribution >= 4 is 28.4 Å². The maximum Gasteiger partial charge on any atom is 0.278 e. The molecule has 208 valence electrons. The number of nitrogens with zero attached hydrogens (tertiary/aromatic N) is 8. The summed E-state index contributed by atoms with van der Waals surface area (Å²) in [4.78, 5) is 39.3. The van der Waals surface area contributed by atoms with Gasteiger partial charge in [0.05, 0.1) is 12.6 Å². The summed E-state index contributed by atoms with van der Waals surface area (Å²) >= 11 is 0. The molecule has 2 fully saturated rings. The minimum absolute atomic E-state index is 0.133. The Morgan fingerprint density at radius 3 is 2.48 bits per heavy atom. The van der Waals surface area contributed by atoms with Crippen LogP contribution in [0.4, 0.5) is 26.1 Å². The topological polar surface area (TPSA) is 106 Å². The Labute approximate surface area is 228 Å². The molecule has 0 unspecified atom stereocenters. The standard InChI is InChI=1S/C27H29F2N9O2/c1-3-10-36-25(40)21-17-30-26(31-18-4-6-19(7-5-18)35-13-11-34(2)12-14-35)32-24(21)38(36)22-8-9-23(39)37(33-22)20-15-27(28,29)16-20/h3-9,17,20H,1,10-16H2,2H3,(H,30,31,32). The molecule has 40 heavy (non-hydrogen) atoms. The number of nitrogens with one attached hydrogen (secondary N) is 1. The van der Waals surface area contributed by atoms with E-state index >= 15 is 0 Å². The molecule has 0 spiro atoms. The van der Waals surface area contributed by atoms with Crippen LogP contribution in [0.5, 0.6) is 0 Å². The second kappa shape index (κ2) is 9.97. The summed E-state index contributed by atoms with van der Waals surface area (Å²) in [6.45, 7) is 7.82. The SMILES string of the molecule is C=CCn1c(=O)c2cnc(Nc3ccc(N4CCN(C)CC4)cc3)nc2n1-c1ccc(=O)n(C2CC(F)(F)C2)n1. The van der Waals surface area contributed by atoms with Crippen LogP contribution in [0.25, 0.3) is 16.9 Å². The zero-order chi connectivity index (χ0) is 28.0. The van der Waals surface area contributed by atoms with Gasteiger partial charge < -0.3 is 15.1 Å². The van der Waals surface area contributed by atoms with Crippen LogP contribution >= 0.6 is 0 Å². The molecule has 2 aliphatic rings. The molecule has 3 aromatic heterocycles. The van der Waals surface area contributed by atoms with Gasteiger partial charge in [0.15, 0.2) is 11.5 Å². The van der Waals surface area contributed by atoms with E-state index < -0.39 is 30.4 Å². The fourth-order valence-electron chi connectivity index (χ4n) is 5.15. The predicted molar refractivity (Wildman–Crippen MR) is 148 cm³/mol. The molecule has 1 saturated heterocycles. The summed E-state index contributed by atoms with van der Waals surface area (Å²) in [5, 5.41) is 7.79. The minimum Gasteiger partial charge on any atom is -0.369 e. The van der Waals surface area contributed by atoms with Crippen LogP contribution in [0.15, 0.2) is 64.8 Å². The highest BCUT2D eigenvalue weighted by molar-refractivity contribution is 5.77. The largest absolute Gasteiger partial charge is 0.369 e. The van der Waals surface area contributed by atoms with E-state index in [-0.39, 0.29) is 34.9 Å². The molecule has 0 atom stereocenters. The lowest BCUT2D eigenvalue weighted by molar-refractivity contribution is -0.108. The van der Waals surface area contributed by atoms with Gasteiger partial charge in [-0.1, -0.05) is 6.08 Å². The van der Waals surface area contributed by atoms with E-state index in [9.17, 15) is 18.4 Å². The summed E-state index contributed by atoms with van der Waals surface area (Å²) in [6, 6.07) is 9.96. The minimum atomic E-state index is -2.82. The number of alkyl halides is 2. The van der Waals surface area contributed by atoms with Crippen LogP contribution in [0.1, 0.15) is 18.9 Å². The number of halogens is 2. The van der Waals surface area contributed by atoms with Crippen LogP contribution in [0, 0.1) is 0 Å². The molecule has 4 heterocycles. The quantitative estimate of drug-likeness (QED) is 0.351. The lowest BCUT2D eigenvalue weighted by atomic mass is 9.88. The average molecular weight is 550 g/mol. The van der Waals surface area contributed by atoms with Crippen LogP contribution < -0.4 is 21.3 Å². The highest BCUT2D eigenvalue weighted by Crippen LogP contribution is 2.44. The Bertz CT molecular complexity index is 1680. The number of fused-ring (bicyclic) bond motifs is 1. The number of hydrogen-bond acceptors (Lipinski definition) is 8. The molecule has 0 amide bonds. The first-order chi connectivity index (χ1) is 19.2. The Kier molecular flexibility index (Phi) is 6.45. The molecule has 1 saturated carbocycles. The third-order valence-electron chi connectivity index (χ3n) is 7.41. The molecule has 11 nitrogen and oxygen atoms in total. The highest BCUT2D eigenvalue weighted by atomic mass is 19.3. The Balaban J connectivity index is 1.34. The van der Waals surface area contributed by atoms with Crippen molar-refractivity contribution in [1.82, 2.24) is 34.0 Å².